The summed E-state index contributed by atoms with van der Waals surface area (Å²) in [6.07, 6.45) is 4.44. The lowest BCUT2D eigenvalue weighted by molar-refractivity contribution is -0.117. The van der Waals surface area contributed by atoms with E-state index in [1.165, 1.54) is 4.31 Å². The van der Waals surface area contributed by atoms with Gasteiger partial charge in [0.05, 0.1) is 18.0 Å². The first-order chi connectivity index (χ1) is 16.6. The van der Waals surface area contributed by atoms with E-state index in [-0.39, 0.29) is 11.8 Å². The minimum absolute atomic E-state index is 0.000479. The van der Waals surface area contributed by atoms with E-state index in [9.17, 15) is 13.6 Å². The zero-order valence-electron chi connectivity index (χ0n) is 18.2. The fourth-order valence-corrected chi connectivity index (χ4v) is 4.92. The summed E-state index contributed by atoms with van der Waals surface area (Å²) in [5.74, 6) is 1.41. The number of H-pyrrole nitrogens is 1. The van der Waals surface area contributed by atoms with Crippen LogP contribution in [0.15, 0.2) is 60.8 Å². The van der Waals surface area contributed by atoms with Crippen LogP contribution in [-0.2, 0) is 22.5 Å². The van der Waals surface area contributed by atoms with Crippen molar-refractivity contribution < 1.29 is 18.3 Å². The maximum absolute atomic E-state index is 12.3. The largest absolute Gasteiger partial charge is 0.493 e. The Morgan fingerprint density at radius 3 is 2.68 bits per heavy atom. The van der Waals surface area contributed by atoms with Crippen LogP contribution in [0.1, 0.15) is 18.4 Å². The molecular formula is C25H22N4O4S. The third-order valence-electron chi connectivity index (χ3n) is 6.20. The second kappa shape index (κ2) is 8.27. The number of ether oxygens (including phenoxy) is 1. The maximum Gasteiger partial charge on any atom is 0.266 e. The Labute approximate surface area is 198 Å². The van der Waals surface area contributed by atoms with Gasteiger partial charge in [-0.2, -0.15) is 0 Å². The van der Waals surface area contributed by atoms with E-state index in [2.05, 4.69) is 15.3 Å². The lowest BCUT2D eigenvalue weighted by Crippen LogP contribution is -2.19. The number of hydrogen-bond acceptors (Lipinski definition) is 4. The summed E-state index contributed by atoms with van der Waals surface area (Å²) in [6, 6.07) is 16.8. The number of carbonyl (C=O) groups is 1. The van der Waals surface area contributed by atoms with E-state index in [0.29, 0.717) is 29.4 Å². The Balaban J connectivity index is 1.35. The van der Waals surface area contributed by atoms with Crippen LogP contribution in [0, 0.1) is 5.92 Å². The lowest BCUT2D eigenvalue weighted by atomic mass is 10.0. The smallest absolute Gasteiger partial charge is 0.266 e. The van der Waals surface area contributed by atoms with Crippen molar-refractivity contribution in [2.75, 3.05) is 16.2 Å². The molecule has 3 N–H and O–H groups in total. The van der Waals surface area contributed by atoms with Gasteiger partial charge in [0.1, 0.15) is 17.2 Å². The number of carbonyl (C=O) groups excluding carboxylic acids is 1. The highest BCUT2D eigenvalue weighted by atomic mass is 32.2. The number of hydrogen-bond donors (Lipinski definition) is 3. The molecule has 1 amide bonds. The van der Waals surface area contributed by atoms with Gasteiger partial charge in [0, 0.05) is 23.9 Å². The molecule has 3 heterocycles. The van der Waals surface area contributed by atoms with E-state index in [1.54, 1.807) is 6.07 Å². The molecule has 2 aromatic heterocycles. The Morgan fingerprint density at radius 2 is 1.91 bits per heavy atom. The molecule has 0 bridgehead atoms. The molecule has 34 heavy (non-hydrogen) atoms. The number of amides is 1. The monoisotopic (exact) mass is 474 g/mol. The minimum atomic E-state index is -2.25. The van der Waals surface area contributed by atoms with E-state index in [0.717, 1.165) is 47.1 Å². The second-order valence-electron chi connectivity index (χ2n) is 8.52. The third kappa shape index (κ3) is 3.82. The number of aromatic nitrogens is 2. The molecular weight excluding hydrogens is 452 g/mol. The number of aromatic amines is 1. The van der Waals surface area contributed by atoms with Crippen LogP contribution in [0.4, 0.5) is 17.2 Å². The van der Waals surface area contributed by atoms with Crippen LogP contribution < -0.4 is 14.4 Å². The lowest BCUT2D eigenvalue weighted by Gasteiger charge is -2.21. The van der Waals surface area contributed by atoms with Crippen molar-refractivity contribution >= 4 is 45.4 Å². The quantitative estimate of drug-likeness (QED) is 0.348. The second-order valence-corrected chi connectivity index (χ2v) is 9.35. The molecule has 0 spiro atoms. The molecule has 2 aromatic carbocycles. The molecule has 1 saturated carbocycles. The molecule has 4 aromatic rings. The highest BCUT2D eigenvalue weighted by molar-refractivity contribution is 7.81. The van der Waals surface area contributed by atoms with Gasteiger partial charge < -0.3 is 15.0 Å². The summed E-state index contributed by atoms with van der Waals surface area (Å²) in [4.78, 5) is 19.9. The van der Waals surface area contributed by atoms with Crippen LogP contribution in [0.3, 0.4) is 0 Å². The summed E-state index contributed by atoms with van der Waals surface area (Å²) in [5, 5.41) is 3.85. The average molecular weight is 475 g/mol. The van der Waals surface area contributed by atoms with Crippen molar-refractivity contribution in [3.63, 3.8) is 0 Å². The number of rotatable bonds is 6. The zero-order valence-corrected chi connectivity index (χ0v) is 19.0. The number of nitrogens with one attached hydrogen (secondary N) is 2. The molecule has 172 valence electrons. The Hall–Kier alpha value is -3.69. The standard InChI is InChI=1S/C25H22N4O4S/c30-25(16-1-2-16)28-23-14-21(20-9-11-26-24(20)27-23)15-3-5-18(6-4-15)29(34(31)32)19-7-8-22-17(13-19)10-12-33-22/h3-9,11,13-14,16H,1-2,10,12H2,(H,31,32)(H2,26,27,28,30). The molecule has 8 nitrogen and oxygen atoms in total. The van der Waals surface area contributed by atoms with Crippen LogP contribution >= 0.6 is 0 Å². The Morgan fingerprint density at radius 1 is 1.12 bits per heavy atom. The fraction of sp³-hybridized carbons (Fsp3) is 0.200. The van der Waals surface area contributed by atoms with Gasteiger partial charge in [-0.15, -0.1) is 0 Å². The predicted octanol–water partition coefficient (Wildman–Crippen LogP) is 4.79. The maximum atomic E-state index is 12.3. The highest BCUT2D eigenvalue weighted by Crippen LogP contribution is 2.36. The van der Waals surface area contributed by atoms with E-state index >= 15 is 0 Å². The number of nitrogens with zero attached hydrogens (tertiary/aromatic N) is 2. The van der Waals surface area contributed by atoms with Crippen LogP contribution in [0.25, 0.3) is 22.2 Å². The zero-order chi connectivity index (χ0) is 23.2. The fourth-order valence-electron chi connectivity index (χ4n) is 4.32. The van der Waals surface area contributed by atoms with Crippen molar-refractivity contribution in [1.29, 1.82) is 0 Å². The van der Waals surface area contributed by atoms with E-state index < -0.39 is 11.3 Å². The van der Waals surface area contributed by atoms with Crippen LogP contribution in [-0.4, -0.2) is 31.2 Å². The SMILES string of the molecule is O=C(Nc1cc(-c2ccc(N(c3ccc4c(c3)CCO4)S(=O)O)cc2)c2cc[nH]c2n1)C1CC1. The van der Waals surface area contributed by atoms with E-state index in [1.807, 2.05) is 54.7 Å². The van der Waals surface area contributed by atoms with Crippen molar-refractivity contribution in [3.05, 3.63) is 66.4 Å². The molecule has 1 fully saturated rings. The van der Waals surface area contributed by atoms with Gasteiger partial charge in [-0.25, -0.2) is 13.5 Å². The molecule has 6 rings (SSSR count). The van der Waals surface area contributed by atoms with Crippen LogP contribution in [0.2, 0.25) is 0 Å². The molecule has 1 atom stereocenters. The molecule has 1 unspecified atom stereocenters. The van der Waals surface area contributed by atoms with Gasteiger partial charge in [-0.3, -0.25) is 9.35 Å². The minimum Gasteiger partial charge on any atom is -0.493 e. The van der Waals surface area contributed by atoms with Gasteiger partial charge in [-0.1, -0.05) is 12.1 Å². The molecule has 2 aliphatic rings. The summed E-state index contributed by atoms with van der Waals surface area (Å²) in [5.41, 5.74) is 4.74. The van der Waals surface area contributed by atoms with Crippen molar-refractivity contribution in [2.45, 2.75) is 19.3 Å². The molecule has 1 aliphatic carbocycles. The highest BCUT2D eigenvalue weighted by Gasteiger charge is 2.30. The third-order valence-corrected chi connectivity index (χ3v) is 6.94. The molecule has 0 radical (unpaired) electrons. The average Bonchev–Trinajstić information content (AvgIpc) is 3.40. The summed E-state index contributed by atoms with van der Waals surface area (Å²) in [7, 11) is 0. The summed E-state index contributed by atoms with van der Waals surface area (Å²) < 4.78 is 29.2. The summed E-state index contributed by atoms with van der Waals surface area (Å²) >= 11 is -2.25. The van der Waals surface area contributed by atoms with Crippen LogP contribution in [0.5, 0.6) is 5.75 Å². The number of benzene rings is 2. The summed E-state index contributed by atoms with van der Waals surface area (Å²) in [6.45, 7) is 0.623. The van der Waals surface area contributed by atoms with Crippen molar-refractivity contribution in [2.24, 2.45) is 5.92 Å². The first-order valence-corrected chi connectivity index (χ1v) is 12.2. The van der Waals surface area contributed by atoms with Gasteiger partial charge in [0.2, 0.25) is 5.91 Å². The normalized spacial score (nSPS) is 15.6. The Bertz CT molecular complexity index is 1430. The van der Waals surface area contributed by atoms with E-state index in [4.69, 9.17) is 4.74 Å². The molecule has 1 aliphatic heterocycles. The first-order valence-electron chi connectivity index (χ1n) is 11.1. The molecule has 0 saturated heterocycles. The van der Waals surface area contributed by atoms with Gasteiger partial charge in [0.25, 0.3) is 11.3 Å². The topological polar surface area (TPSA) is 108 Å². The number of fused-ring (bicyclic) bond motifs is 2. The number of anilines is 3. The Kier molecular flexibility index (Phi) is 5.08. The van der Waals surface area contributed by atoms with Crippen molar-refractivity contribution in [3.8, 4) is 16.9 Å². The van der Waals surface area contributed by atoms with Crippen molar-refractivity contribution in [1.82, 2.24) is 9.97 Å². The first kappa shape index (κ1) is 20.9. The van der Waals surface area contributed by atoms with Gasteiger partial charge in [-0.05, 0) is 72.0 Å². The number of pyridine rings is 1. The van der Waals surface area contributed by atoms with Gasteiger partial charge >= 0.3 is 0 Å². The molecule has 9 heteroatoms. The van der Waals surface area contributed by atoms with Gasteiger partial charge in [0.15, 0.2) is 0 Å². The predicted molar refractivity (Wildman–Crippen MR) is 131 cm³/mol.